The zero-order valence-electron chi connectivity index (χ0n) is 9.92. The molecule has 0 fully saturated rings. The van der Waals surface area contributed by atoms with Gasteiger partial charge in [-0.2, -0.15) is 0 Å². The summed E-state index contributed by atoms with van der Waals surface area (Å²) in [7, 11) is 2.03. The largest absolute Gasteiger partial charge is 0.350 e. The Kier molecular flexibility index (Phi) is 2.72. The minimum atomic E-state index is -0.187. The van der Waals surface area contributed by atoms with Crippen LogP contribution in [0.1, 0.15) is 19.4 Å². The summed E-state index contributed by atoms with van der Waals surface area (Å²) in [6.07, 6.45) is 3.00. The number of rotatable bonds is 2. The highest BCUT2D eigenvalue weighted by molar-refractivity contribution is 6.31. The first-order chi connectivity index (χ1) is 7.37. The fraction of sp³-hybridized carbons (Fsp3) is 0.385. The molecule has 0 amide bonds. The van der Waals surface area contributed by atoms with Gasteiger partial charge in [0.25, 0.3) is 0 Å². The van der Waals surface area contributed by atoms with Crippen molar-refractivity contribution >= 4 is 22.5 Å². The van der Waals surface area contributed by atoms with E-state index in [9.17, 15) is 0 Å². The molecule has 0 aliphatic rings. The topological polar surface area (TPSA) is 30.9 Å². The van der Waals surface area contributed by atoms with E-state index in [0.717, 1.165) is 17.0 Å². The molecular formula is C13H17ClN2. The summed E-state index contributed by atoms with van der Waals surface area (Å²) < 4.78 is 2.10. The molecule has 86 valence electrons. The number of hydrogen-bond donors (Lipinski definition) is 1. The Labute approximate surface area is 101 Å². The lowest BCUT2D eigenvalue weighted by Crippen LogP contribution is -2.34. The van der Waals surface area contributed by atoms with Crippen LogP contribution in [0.15, 0.2) is 24.4 Å². The Hall–Kier alpha value is -0.990. The first kappa shape index (κ1) is 11.5. The van der Waals surface area contributed by atoms with Gasteiger partial charge in [0.1, 0.15) is 0 Å². The van der Waals surface area contributed by atoms with Crippen molar-refractivity contribution in [3.05, 3.63) is 35.0 Å². The van der Waals surface area contributed by atoms with Crippen LogP contribution in [-0.4, -0.2) is 10.1 Å². The summed E-state index contributed by atoms with van der Waals surface area (Å²) in [4.78, 5) is 0. The molecule has 0 radical (unpaired) electrons. The number of halogens is 1. The van der Waals surface area contributed by atoms with E-state index in [1.165, 1.54) is 10.9 Å². The summed E-state index contributed by atoms with van der Waals surface area (Å²) in [6.45, 7) is 4.09. The number of aryl methyl sites for hydroxylation is 1. The van der Waals surface area contributed by atoms with Crippen LogP contribution in [0.3, 0.4) is 0 Å². The van der Waals surface area contributed by atoms with Crippen LogP contribution in [0.2, 0.25) is 5.02 Å². The smallest absolute Gasteiger partial charge is 0.0495 e. The first-order valence-corrected chi connectivity index (χ1v) is 5.77. The van der Waals surface area contributed by atoms with Gasteiger partial charge < -0.3 is 10.3 Å². The van der Waals surface area contributed by atoms with E-state index in [-0.39, 0.29) is 5.54 Å². The maximum atomic E-state index is 6.06. The van der Waals surface area contributed by atoms with Gasteiger partial charge in [0.15, 0.2) is 0 Å². The molecule has 2 N–H and O–H groups in total. The summed E-state index contributed by atoms with van der Waals surface area (Å²) in [5.74, 6) is 0. The van der Waals surface area contributed by atoms with E-state index >= 15 is 0 Å². The van der Waals surface area contributed by atoms with Crippen LogP contribution >= 0.6 is 11.6 Å². The van der Waals surface area contributed by atoms with Crippen LogP contribution < -0.4 is 5.73 Å². The number of hydrogen-bond acceptors (Lipinski definition) is 1. The molecular weight excluding hydrogens is 220 g/mol. The number of fused-ring (bicyclic) bond motifs is 1. The van der Waals surface area contributed by atoms with Gasteiger partial charge in [-0.05, 0) is 38.0 Å². The Morgan fingerprint density at radius 2 is 2.06 bits per heavy atom. The second kappa shape index (κ2) is 3.79. The standard InChI is InChI=1S/C13H17ClN2/c1-13(2,15)7-9-8-16(3)12-6-10(14)4-5-11(9)12/h4-6,8H,7,15H2,1-3H3. The normalized spacial score (nSPS) is 12.3. The number of aromatic nitrogens is 1. The van der Waals surface area contributed by atoms with Crippen LogP contribution in [0.4, 0.5) is 0 Å². The van der Waals surface area contributed by atoms with Crippen molar-refractivity contribution in [3.63, 3.8) is 0 Å². The minimum Gasteiger partial charge on any atom is -0.350 e. The summed E-state index contributed by atoms with van der Waals surface area (Å²) >= 11 is 5.99. The van der Waals surface area contributed by atoms with Crippen LogP contribution in [0.25, 0.3) is 10.9 Å². The molecule has 0 unspecified atom stereocenters. The molecule has 0 saturated heterocycles. The van der Waals surface area contributed by atoms with E-state index in [1.54, 1.807) is 0 Å². The third-order valence-electron chi connectivity index (χ3n) is 2.68. The van der Waals surface area contributed by atoms with E-state index in [1.807, 2.05) is 33.0 Å². The van der Waals surface area contributed by atoms with E-state index in [0.29, 0.717) is 0 Å². The molecule has 1 aromatic heterocycles. The quantitative estimate of drug-likeness (QED) is 0.854. The SMILES string of the molecule is Cn1cc(CC(C)(C)N)c2ccc(Cl)cc21. The average Bonchev–Trinajstić information content (AvgIpc) is 2.40. The summed E-state index contributed by atoms with van der Waals surface area (Å²) in [6, 6.07) is 5.99. The second-order valence-electron chi connectivity index (χ2n) is 5.09. The molecule has 0 bridgehead atoms. The van der Waals surface area contributed by atoms with Crippen molar-refractivity contribution in [2.24, 2.45) is 12.8 Å². The number of benzene rings is 1. The lowest BCUT2D eigenvalue weighted by Gasteiger charge is -2.17. The molecule has 1 aromatic carbocycles. The first-order valence-electron chi connectivity index (χ1n) is 5.39. The predicted octanol–water partition coefficient (Wildman–Crippen LogP) is 3.11. The molecule has 16 heavy (non-hydrogen) atoms. The van der Waals surface area contributed by atoms with Crippen molar-refractivity contribution in [3.8, 4) is 0 Å². The summed E-state index contributed by atoms with van der Waals surface area (Å²) in [5.41, 5.74) is 8.31. The highest BCUT2D eigenvalue weighted by Crippen LogP contribution is 2.26. The van der Waals surface area contributed by atoms with Gasteiger partial charge >= 0.3 is 0 Å². The molecule has 0 spiro atoms. The predicted molar refractivity (Wildman–Crippen MR) is 69.9 cm³/mol. The third kappa shape index (κ3) is 2.23. The van der Waals surface area contributed by atoms with Gasteiger partial charge in [0.05, 0.1) is 0 Å². The average molecular weight is 237 g/mol. The van der Waals surface area contributed by atoms with Gasteiger partial charge in [-0.25, -0.2) is 0 Å². The van der Waals surface area contributed by atoms with Crippen molar-refractivity contribution in [1.82, 2.24) is 4.57 Å². The highest BCUT2D eigenvalue weighted by atomic mass is 35.5. The Bertz CT molecular complexity index is 520. The van der Waals surface area contributed by atoms with Gasteiger partial charge in [-0.3, -0.25) is 0 Å². The maximum absolute atomic E-state index is 6.06. The third-order valence-corrected chi connectivity index (χ3v) is 2.92. The van der Waals surface area contributed by atoms with Crippen molar-refractivity contribution in [2.45, 2.75) is 25.8 Å². The lowest BCUT2D eigenvalue weighted by atomic mass is 9.96. The maximum Gasteiger partial charge on any atom is 0.0495 e. The summed E-state index contributed by atoms with van der Waals surface area (Å²) in [5, 5.41) is 2.01. The van der Waals surface area contributed by atoms with Crippen LogP contribution in [0, 0.1) is 0 Å². The van der Waals surface area contributed by atoms with Gasteiger partial charge in [-0.1, -0.05) is 17.7 Å². The van der Waals surface area contributed by atoms with Gasteiger partial charge in [0, 0.05) is 34.7 Å². The van der Waals surface area contributed by atoms with Crippen molar-refractivity contribution in [2.75, 3.05) is 0 Å². The van der Waals surface area contributed by atoms with E-state index < -0.39 is 0 Å². The van der Waals surface area contributed by atoms with Gasteiger partial charge in [0.2, 0.25) is 0 Å². The molecule has 3 heteroatoms. The van der Waals surface area contributed by atoms with Gasteiger partial charge in [-0.15, -0.1) is 0 Å². The van der Waals surface area contributed by atoms with Crippen molar-refractivity contribution in [1.29, 1.82) is 0 Å². The van der Waals surface area contributed by atoms with Crippen LogP contribution in [0.5, 0.6) is 0 Å². The number of nitrogens with zero attached hydrogens (tertiary/aromatic N) is 1. The fourth-order valence-electron chi connectivity index (χ4n) is 2.07. The molecule has 1 heterocycles. The number of nitrogens with two attached hydrogens (primary N) is 1. The monoisotopic (exact) mass is 236 g/mol. The lowest BCUT2D eigenvalue weighted by molar-refractivity contribution is 0.518. The minimum absolute atomic E-state index is 0.187. The molecule has 2 rings (SSSR count). The van der Waals surface area contributed by atoms with Crippen molar-refractivity contribution < 1.29 is 0 Å². The molecule has 2 nitrogen and oxygen atoms in total. The zero-order valence-corrected chi connectivity index (χ0v) is 10.7. The molecule has 0 atom stereocenters. The molecule has 0 saturated carbocycles. The molecule has 0 aliphatic heterocycles. The van der Waals surface area contributed by atoms with E-state index in [4.69, 9.17) is 17.3 Å². The fourth-order valence-corrected chi connectivity index (χ4v) is 2.24. The Balaban J connectivity index is 2.55. The Morgan fingerprint density at radius 3 is 2.69 bits per heavy atom. The van der Waals surface area contributed by atoms with Crippen LogP contribution in [-0.2, 0) is 13.5 Å². The zero-order chi connectivity index (χ0) is 11.9. The molecule has 2 aromatic rings. The highest BCUT2D eigenvalue weighted by Gasteiger charge is 2.15. The second-order valence-corrected chi connectivity index (χ2v) is 5.53. The Morgan fingerprint density at radius 1 is 1.38 bits per heavy atom. The molecule has 0 aliphatic carbocycles. The van der Waals surface area contributed by atoms with E-state index in [2.05, 4.69) is 16.8 Å².